The lowest BCUT2D eigenvalue weighted by atomic mass is 10.1. The number of benzene rings is 1. The van der Waals surface area contributed by atoms with Crippen LogP contribution in [0.3, 0.4) is 0 Å². The van der Waals surface area contributed by atoms with Gasteiger partial charge in [0.2, 0.25) is 5.91 Å². The maximum absolute atomic E-state index is 11.9. The number of hydrogen-bond acceptors (Lipinski definition) is 4. The summed E-state index contributed by atoms with van der Waals surface area (Å²) in [6.07, 6.45) is 1.68. The summed E-state index contributed by atoms with van der Waals surface area (Å²) < 4.78 is 0. The van der Waals surface area contributed by atoms with Gasteiger partial charge in [0.15, 0.2) is 5.96 Å². The molecular weight excluding hydrogens is 394 g/mol. The zero-order valence-electron chi connectivity index (χ0n) is 17.7. The number of guanidine groups is 1. The van der Waals surface area contributed by atoms with E-state index < -0.39 is 0 Å². The van der Waals surface area contributed by atoms with E-state index in [1.165, 1.54) is 16.0 Å². The number of aliphatic imine (C=N–C) groups is 1. The van der Waals surface area contributed by atoms with Crippen LogP contribution in [-0.4, -0.2) is 66.3 Å². The Hall–Kier alpha value is -2.38. The number of rotatable bonds is 6. The minimum absolute atomic E-state index is 0.275. The Morgan fingerprint density at radius 1 is 1.07 bits per heavy atom. The first kappa shape index (κ1) is 20.9. The molecule has 160 valence electrons. The van der Waals surface area contributed by atoms with E-state index in [9.17, 15) is 4.79 Å². The first-order valence-corrected chi connectivity index (χ1v) is 11.6. The van der Waals surface area contributed by atoms with Gasteiger partial charge in [-0.05, 0) is 29.0 Å². The molecule has 3 heterocycles. The van der Waals surface area contributed by atoms with Gasteiger partial charge in [0.1, 0.15) is 0 Å². The Bertz CT molecular complexity index is 858. The molecule has 0 saturated carbocycles. The number of likely N-dealkylation sites (tertiary alicyclic amines) is 1. The van der Waals surface area contributed by atoms with E-state index in [-0.39, 0.29) is 5.91 Å². The van der Waals surface area contributed by atoms with Crippen LogP contribution >= 0.6 is 11.3 Å². The molecule has 0 spiro atoms. The van der Waals surface area contributed by atoms with Crippen LogP contribution in [0.4, 0.5) is 0 Å². The maximum atomic E-state index is 11.9. The Morgan fingerprint density at radius 2 is 1.90 bits per heavy atom. The highest BCUT2D eigenvalue weighted by Gasteiger charge is 2.21. The second-order valence-corrected chi connectivity index (χ2v) is 9.01. The third kappa shape index (κ3) is 5.40. The predicted molar refractivity (Wildman–Crippen MR) is 122 cm³/mol. The average molecular weight is 426 g/mol. The van der Waals surface area contributed by atoms with Gasteiger partial charge in [0.05, 0.1) is 0 Å². The minimum Gasteiger partial charge on any atom is -0.352 e. The summed E-state index contributed by atoms with van der Waals surface area (Å²) in [5, 5.41) is 5.67. The fraction of sp³-hybridized carbons (Fsp3) is 0.478. The van der Waals surface area contributed by atoms with Crippen molar-refractivity contribution in [1.82, 2.24) is 20.0 Å². The van der Waals surface area contributed by atoms with Crippen molar-refractivity contribution in [2.24, 2.45) is 4.99 Å². The molecule has 0 unspecified atom stereocenters. The molecule has 0 radical (unpaired) electrons. The minimum atomic E-state index is 0.275. The molecule has 1 aromatic heterocycles. The van der Waals surface area contributed by atoms with Crippen LogP contribution < -0.4 is 5.32 Å². The Labute approximate surface area is 183 Å². The Kier molecular flexibility index (Phi) is 7.02. The molecule has 6 nitrogen and oxygen atoms in total. The van der Waals surface area contributed by atoms with E-state index in [1.54, 1.807) is 0 Å². The lowest BCUT2D eigenvalue weighted by Gasteiger charge is -2.36. The molecule has 1 amide bonds. The van der Waals surface area contributed by atoms with Gasteiger partial charge in [-0.25, -0.2) is 0 Å². The molecule has 0 bridgehead atoms. The molecule has 30 heavy (non-hydrogen) atoms. The van der Waals surface area contributed by atoms with Crippen molar-refractivity contribution in [2.75, 3.05) is 39.8 Å². The average Bonchev–Trinajstić information content (AvgIpc) is 3.42. The van der Waals surface area contributed by atoms with Gasteiger partial charge in [-0.1, -0.05) is 30.3 Å². The fourth-order valence-electron chi connectivity index (χ4n) is 4.18. The molecule has 0 atom stereocenters. The molecule has 2 fully saturated rings. The Morgan fingerprint density at radius 3 is 2.60 bits per heavy atom. The highest BCUT2D eigenvalue weighted by molar-refractivity contribution is 7.09. The number of piperazine rings is 1. The zero-order valence-corrected chi connectivity index (χ0v) is 18.5. The van der Waals surface area contributed by atoms with Crippen LogP contribution in [0.2, 0.25) is 0 Å². The molecule has 1 N–H and O–H groups in total. The summed E-state index contributed by atoms with van der Waals surface area (Å²) in [6, 6.07) is 12.9. The molecule has 2 aliphatic rings. The van der Waals surface area contributed by atoms with Gasteiger partial charge in [-0.3, -0.25) is 14.7 Å². The van der Waals surface area contributed by atoms with E-state index in [2.05, 4.69) is 61.9 Å². The number of hydrogen-bond donors (Lipinski definition) is 1. The van der Waals surface area contributed by atoms with E-state index in [1.807, 2.05) is 23.3 Å². The first-order chi connectivity index (χ1) is 14.7. The third-order valence-corrected chi connectivity index (χ3v) is 6.69. The molecule has 2 aliphatic heterocycles. The summed E-state index contributed by atoms with van der Waals surface area (Å²) in [4.78, 5) is 24.6. The first-order valence-electron chi connectivity index (χ1n) is 10.8. The van der Waals surface area contributed by atoms with Crippen LogP contribution in [0, 0.1) is 0 Å². The summed E-state index contributed by atoms with van der Waals surface area (Å²) in [5.41, 5.74) is 2.42. The molecule has 2 aromatic rings. The van der Waals surface area contributed by atoms with Crippen LogP contribution in [0.15, 0.2) is 46.8 Å². The number of nitrogens with one attached hydrogen (secondary N) is 1. The van der Waals surface area contributed by atoms with E-state index in [0.29, 0.717) is 13.0 Å². The van der Waals surface area contributed by atoms with Gasteiger partial charge in [-0.15, -0.1) is 11.3 Å². The SMILES string of the molecule is CN=C(NCc1cccc(CN2CCCC2=O)c1)N1CCN(Cc2cccs2)CC1. The fourth-order valence-corrected chi connectivity index (χ4v) is 4.93. The number of thiophene rings is 1. The molecule has 4 rings (SSSR count). The highest BCUT2D eigenvalue weighted by Crippen LogP contribution is 2.16. The second kappa shape index (κ2) is 10.1. The summed E-state index contributed by atoms with van der Waals surface area (Å²) in [6.45, 7) is 7.47. The maximum Gasteiger partial charge on any atom is 0.222 e. The smallest absolute Gasteiger partial charge is 0.222 e. The zero-order chi connectivity index (χ0) is 20.8. The van der Waals surface area contributed by atoms with Crippen molar-refractivity contribution >= 4 is 23.2 Å². The van der Waals surface area contributed by atoms with Crippen molar-refractivity contribution in [2.45, 2.75) is 32.5 Å². The van der Waals surface area contributed by atoms with Crippen molar-refractivity contribution in [3.05, 3.63) is 57.8 Å². The predicted octanol–water partition coefficient (Wildman–Crippen LogP) is 2.76. The summed E-state index contributed by atoms with van der Waals surface area (Å²) in [7, 11) is 1.86. The molecular formula is C23H31N5OS. The van der Waals surface area contributed by atoms with Crippen LogP contribution in [0.25, 0.3) is 0 Å². The normalized spacial score (nSPS) is 18.3. The molecule has 7 heteroatoms. The van der Waals surface area contributed by atoms with Gasteiger partial charge in [-0.2, -0.15) is 0 Å². The lowest BCUT2D eigenvalue weighted by molar-refractivity contribution is -0.128. The summed E-state index contributed by atoms with van der Waals surface area (Å²) >= 11 is 1.83. The van der Waals surface area contributed by atoms with Crippen molar-refractivity contribution in [1.29, 1.82) is 0 Å². The van der Waals surface area contributed by atoms with Crippen LogP contribution in [0.5, 0.6) is 0 Å². The van der Waals surface area contributed by atoms with Gasteiger partial charge in [0.25, 0.3) is 0 Å². The van der Waals surface area contributed by atoms with E-state index in [4.69, 9.17) is 0 Å². The molecule has 0 aliphatic carbocycles. The summed E-state index contributed by atoms with van der Waals surface area (Å²) in [5.74, 6) is 1.24. The standard InChI is InChI=1S/C23H31N5OS/c1-24-23(27-12-10-26(11-13-27)18-21-7-4-14-30-21)25-16-19-5-2-6-20(15-19)17-28-9-3-8-22(28)29/h2,4-7,14-15H,3,8-13,16-18H2,1H3,(H,24,25). The number of carbonyl (C=O) groups is 1. The third-order valence-electron chi connectivity index (χ3n) is 5.83. The largest absolute Gasteiger partial charge is 0.352 e. The van der Waals surface area contributed by atoms with Crippen LogP contribution in [-0.2, 0) is 24.4 Å². The van der Waals surface area contributed by atoms with E-state index in [0.717, 1.165) is 58.2 Å². The Balaban J connectivity index is 1.26. The van der Waals surface area contributed by atoms with Crippen molar-refractivity contribution < 1.29 is 4.79 Å². The van der Waals surface area contributed by atoms with Gasteiger partial charge in [0, 0.05) is 70.7 Å². The van der Waals surface area contributed by atoms with Crippen molar-refractivity contribution in [3.8, 4) is 0 Å². The lowest BCUT2D eigenvalue weighted by Crippen LogP contribution is -2.51. The number of amides is 1. The van der Waals surface area contributed by atoms with Gasteiger partial charge >= 0.3 is 0 Å². The van der Waals surface area contributed by atoms with Crippen molar-refractivity contribution in [3.63, 3.8) is 0 Å². The second-order valence-electron chi connectivity index (χ2n) is 7.98. The monoisotopic (exact) mass is 425 g/mol. The van der Waals surface area contributed by atoms with Gasteiger partial charge < -0.3 is 15.1 Å². The quantitative estimate of drug-likeness (QED) is 0.571. The molecule has 2 saturated heterocycles. The molecule has 1 aromatic carbocycles. The number of carbonyl (C=O) groups excluding carboxylic acids is 1. The van der Waals surface area contributed by atoms with E-state index >= 15 is 0 Å². The topological polar surface area (TPSA) is 51.2 Å². The number of nitrogens with zero attached hydrogens (tertiary/aromatic N) is 4. The van der Waals surface area contributed by atoms with Crippen LogP contribution in [0.1, 0.15) is 28.8 Å². The highest BCUT2D eigenvalue weighted by atomic mass is 32.1.